The summed E-state index contributed by atoms with van der Waals surface area (Å²) in [5.74, 6) is 0.736. The number of aliphatic hydroxyl groups is 1. The summed E-state index contributed by atoms with van der Waals surface area (Å²) in [4.78, 5) is 0. The van der Waals surface area contributed by atoms with E-state index in [-0.39, 0.29) is 0 Å². The van der Waals surface area contributed by atoms with E-state index in [2.05, 4.69) is 15.9 Å². The molecule has 1 rings (SSSR count). The van der Waals surface area contributed by atoms with E-state index in [9.17, 15) is 5.11 Å². The van der Waals surface area contributed by atoms with Gasteiger partial charge < -0.3 is 9.84 Å². The fraction of sp³-hybridized carbons (Fsp3) is 0.400. The molecule has 0 aliphatic carbocycles. The molecule has 0 aliphatic rings. The van der Waals surface area contributed by atoms with Crippen LogP contribution in [0.3, 0.4) is 0 Å². The second-order valence-electron chi connectivity index (χ2n) is 3.41. The predicted octanol–water partition coefficient (Wildman–Crippen LogP) is 2.69. The quantitative estimate of drug-likeness (QED) is 0.867. The Hall–Kier alpha value is -0.540. The highest BCUT2D eigenvalue weighted by Crippen LogP contribution is 2.30. The van der Waals surface area contributed by atoms with Crippen LogP contribution in [0.2, 0.25) is 0 Å². The number of halogens is 1. The number of rotatable bonds is 2. The molecule has 13 heavy (non-hydrogen) atoms. The molecule has 1 aromatic rings. The van der Waals surface area contributed by atoms with E-state index in [0.717, 1.165) is 15.8 Å². The van der Waals surface area contributed by atoms with Crippen LogP contribution in [-0.4, -0.2) is 12.2 Å². The Morgan fingerprint density at radius 3 is 2.46 bits per heavy atom. The molecule has 0 fully saturated rings. The molecule has 0 heterocycles. The Kier molecular flexibility index (Phi) is 2.98. The molecule has 0 radical (unpaired) electrons. The van der Waals surface area contributed by atoms with E-state index < -0.39 is 5.60 Å². The highest BCUT2D eigenvalue weighted by Gasteiger charge is 2.17. The van der Waals surface area contributed by atoms with Gasteiger partial charge in [0.15, 0.2) is 0 Å². The van der Waals surface area contributed by atoms with Crippen LogP contribution in [0.25, 0.3) is 0 Å². The summed E-state index contributed by atoms with van der Waals surface area (Å²) in [6, 6.07) is 5.56. The zero-order chi connectivity index (χ0) is 10.1. The maximum Gasteiger partial charge on any atom is 0.133 e. The van der Waals surface area contributed by atoms with Crippen LogP contribution in [0.5, 0.6) is 5.75 Å². The molecule has 0 aliphatic heterocycles. The zero-order valence-electron chi connectivity index (χ0n) is 7.97. The normalized spacial score (nSPS) is 11.5. The minimum atomic E-state index is -0.825. The number of hydrogen-bond acceptors (Lipinski definition) is 2. The predicted molar refractivity (Wildman–Crippen MR) is 55.9 cm³/mol. The Labute approximate surface area is 86.7 Å². The number of benzene rings is 1. The minimum Gasteiger partial charge on any atom is -0.496 e. The maximum absolute atomic E-state index is 9.73. The first-order valence-electron chi connectivity index (χ1n) is 4.01. The van der Waals surface area contributed by atoms with Gasteiger partial charge in [0, 0.05) is 0 Å². The smallest absolute Gasteiger partial charge is 0.133 e. The summed E-state index contributed by atoms with van der Waals surface area (Å²) in [5, 5.41) is 9.73. The van der Waals surface area contributed by atoms with Gasteiger partial charge in [-0.05, 0) is 47.5 Å². The van der Waals surface area contributed by atoms with E-state index in [1.54, 1.807) is 21.0 Å². The largest absolute Gasteiger partial charge is 0.496 e. The standard InChI is InChI=1S/C10H13BrO2/c1-10(2,12)7-4-5-8(11)9(6-7)13-3/h4-6,12H,1-3H3. The van der Waals surface area contributed by atoms with Crippen LogP contribution in [-0.2, 0) is 5.60 Å². The number of hydrogen-bond donors (Lipinski definition) is 1. The van der Waals surface area contributed by atoms with Gasteiger partial charge in [-0.2, -0.15) is 0 Å². The van der Waals surface area contributed by atoms with Gasteiger partial charge in [-0.1, -0.05) is 6.07 Å². The van der Waals surface area contributed by atoms with Crippen LogP contribution < -0.4 is 4.74 Å². The average molecular weight is 245 g/mol. The van der Waals surface area contributed by atoms with Gasteiger partial charge in [0.25, 0.3) is 0 Å². The third-order valence-corrected chi connectivity index (χ3v) is 2.51. The van der Waals surface area contributed by atoms with Gasteiger partial charge in [-0.15, -0.1) is 0 Å². The van der Waals surface area contributed by atoms with Crippen molar-refractivity contribution < 1.29 is 9.84 Å². The van der Waals surface area contributed by atoms with Crippen LogP contribution in [0.15, 0.2) is 22.7 Å². The third kappa shape index (κ3) is 2.45. The second-order valence-corrected chi connectivity index (χ2v) is 4.26. The van der Waals surface area contributed by atoms with Gasteiger partial charge >= 0.3 is 0 Å². The van der Waals surface area contributed by atoms with Crippen LogP contribution in [0, 0.1) is 0 Å². The Morgan fingerprint density at radius 2 is 2.00 bits per heavy atom. The van der Waals surface area contributed by atoms with Crippen LogP contribution in [0.4, 0.5) is 0 Å². The second kappa shape index (κ2) is 3.68. The molecule has 0 amide bonds. The molecular formula is C10H13BrO2. The fourth-order valence-electron chi connectivity index (χ4n) is 1.04. The monoisotopic (exact) mass is 244 g/mol. The highest BCUT2D eigenvalue weighted by atomic mass is 79.9. The van der Waals surface area contributed by atoms with E-state index in [0.29, 0.717) is 0 Å². The van der Waals surface area contributed by atoms with Crippen molar-refractivity contribution in [3.63, 3.8) is 0 Å². The molecule has 0 saturated carbocycles. The minimum absolute atomic E-state index is 0.736. The fourth-order valence-corrected chi connectivity index (χ4v) is 1.45. The van der Waals surface area contributed by atoms with Crippen LogP contribution in [0.1, 0.15) is 19.4 Å². The summed E-state index contributed by atoms with van der Waals surface area (Å²) in [5.41, 5.74) is 0.0149. The first-order valence-corrected chi connectivity index (χ1v) is 4.81. The van der Waals surface area contributed by atoms with Gasteiger partial charge in [0.05, 0.1) is 17.2 Å². The molecule has 2 nitrogen and oxygen atoms in total. The van der Waals surface area contributed by atoms with Crippen LogP contribution >= 0.6 is 15.9 Å². The molecule has 72 valence electrons. The zero-order valence-corrected chi connectivity index (χ0v) is 9.55. The Morgan fingerprint density at radius 1 is 1.38 bits per heavy atom. The van der Waals surface area contributed by atoms with Gasteiger partial charge in [0.1, 0.15) is 5.75 Å². The molecule has 0 aromatic heterocycles. The molecule has 1 aromatic carbocycles. The van der Waals surface area contributed by atoms with Crippen molar-refractivity contribution in [1.82, 2.24) is 0 Å². The van der Waals surface area contributed by atoms with Crippen molar-refractivity contribution in [2.75, 3.05) is 7.11 Å². The molecule has 0 saturated heterocycles. The summed E-state index contributed by atoms with van der Waals surface area (Å²) >= 11 is 3.35. The van der Waals surface area contributed by atoms with E-state index in [1.807, 2.05) is 18.2 Å². The topological polar surface area (TPSA) is 29.5 Å². The lowest BCUT2D eigenvalue weighted by atomic mass is 9.98. The number of methoxy groups -OCH3 is 1. The summed E-state index contributed by atoms with van der Waals surface area (Å²) in [6.07, 6.45) is 0. The van der Waals surface area contributed by atoms with Crippen molar-refractivity contribution in [3.8, 4) is 5.75 Å². The average Bonchev–Trinajstić information content (AvgIpc) is 2.03. The summed E-state index contributed by atoms with van der Waals surface area (Å²) in [6.45, 7) is 3.49. The third-order valence-electron chi connectivity index (χ3n) is 1.86. The van der Waals surface area contributed by atoms with E-state index in [4.69, 9.17) is 4.74 Å². The molecule has 0 atom stereocenters. The van der Waals surface area contributed by atoms with Crippen molar-refractivity contribution >= 4 is 15.9 Å². The van der Waals surface area contributed by atoms with Crippen molar-refractivity contribution in [1.29, 1.82) is 0 Å². The first kappa shape index (κ1) is 10.5. The van der Waals surface area contributed by atoms with E-state index in [1.165, 1.54) is 0 Å². The molecule has 0 bridgehead atoms. The Bertz CT molecular complexity index is 302. The molecular weight excluding hydrogens is 232 g/mol. The van der Waals surface area contributed by atoms with Crippen molar-refractivity contribution in [2.45, 2.75) is 19.4 Å². The summed E-state index contributed by atoms with van der Waals surface area (Å²) < 4.78 is 6.01. The van der Waals surface area contributed by atoms with E-state index >= 15 is 0 Å². The van der Waals surface area contributed by atoms with Crippen molar-refractivity contribution in [3.05, 3.63) is 28.2 Å². The molecule has 3 heteroatoms. The molecule has 0 spiro atoms. The summed E-state index contributed by atoms with van der Waals surface area (Å²) in [7, 11) is 1.61. The SMILES string of the molecule is COc1cc(C(C)(C)O)ccc1Br. The van der Waals surface area contributed by atoms with Crippen molar-refractivity contribution in [2.24, 2.45) is 0 Å². The Balaban J connectivity index is 3.14. The lowest BCUT2D eigenvalue weighted by Crippen LogP contribution is -2.15. The van der Waals surface area contributed by atoms with Gasteiger partial charge in [-0.25, -0.2) is 0 Å². The lowest BCUT2D eigenvalue weighted by Gasteiger charge is -2.18. The molecule has 1 N–H and O–H groups in total. The first-order chi connectivity index (χ1) is 5.95. The molecule has 0 unspecified atom stereocenters. The van der Waals surface area contributed by atoms with Gasteiger partial charge in [0.2, 0.25) is 0 Å². The highest BCUT2D eigenvalue weighted by molar-refractivity contribution is 9.10. The maximum atomic E-state index is 9.73. The van der Waals surface area contributed by atoms with Gasteiger partial charge in [-0.3, -0.25) is 0 Å². The lowest BCUT2D eigenvalue weighted by molar-refractivity contribution is 0.0783. The number of ether oxygens (including phenoxy) is 1.